The Morgan fingerprint density at radius 1 is 1.32 bits per heavy atom. The molecule has 2 aromatic rings. The van der Waals surface area contributed by atoms with E-state index < -0.39 is 0 Å². The predicted molar refractivity (Wildman–Crippen MR) is 71.9 cm³/mol. The van der Waals surface area contributed by atoms with Crippen molar-refractivity contribution in [1.29, 1.82) is 5.26 Å². The van der Waals surface area contributed by atoms with Crippen molar-refractivity contribution in [3.63, 3.8) is 0 Å². The van der Waals surface area contributed by atoms with Gasteiger partial charge in [-0.25, -0.2) is 0 Å². The van der Waals surface area contributed by atoms with Gasteiger partial charge in [0.15, 0.2) is 0 Å². The summed E-state index contributed by atoms with van der Waals surface area (Å²) in [5.41, 5.74) is 3.88. The third-order valence-corrected chi connectivity index (χ3v) is 2.90. The van der Waals surface area contributed by atoms with E-state index in [1.807, 2.05) is 39.0 Å². The molecule has 1 aromatic carbocycles. The van der Waals surface area contributed by atoms with Crippen molar-refractivity contribution in [2.24, 2.45) is 0 Å². The molecule has 96 valence electrons. The highest BCUT2D eigenvalue weighted by Gasteiger charge is 2.15. The van der Waals surface area contributed by atoms with Crippen molar-refractivity contribution in [1.82, 2.24) is 10.2 Å². The number of aromatic nitrogens is 2. The molecule has 0 aliphatic carbocycles. The van der Waals surface area contributed by atoms with Gasteiger partial charge in [0.25, 0.3) is 5.91 Å². The number of benzene rings is 1. The molecular formula is C14H14N4O. The van der Waals surface area contributed by atoms with E-state index >= 15 is 0 Å². The molecule has 0 spiro atoms. The second-order valence-corrected chi connectivity index (χ2v) is 4.50. The van der Waals surface area contributed by atoms with Crippen LogP contribution in [0.25, 0.3) is 0 Å². The summed E-state index contributed by atoms with van der Waals surface area (Å²) in [6.07, 6.45) is 1.38. The average molecular weight is 254 g/mol. The fourth-order valence-corrected chi connectivity index (χ4v) is 2.18. The summed E-state index contributed by atoms with van der Waals surface area (Å²) in [7, 11) is 0. The third-order valence-electron chi connectivity index (χ3n) is 2.90. The lowest BCUT2D eigenvalue weighted by Gasteiger charge is -2.10. The number of nitriles is 1. The molecule has 0 aliphatic heterocycles. The number of aryl methyl sites for hydroxylation is 3. The first kappa shape index (κ1) is 12.8. The SMILES string of the molecule is Cc1cc(C)c(C(=O)Nc2[nH]ncc2C#N)c(C)c1. The standard InChI is InChI=1S/C14H14N4O/c1-8-4-9(2)12(10(3)5-8)14(19)17-13-11(6-15)7-16-18-13/h4-5,7H,1-3H3,(H2,16,17,18,19). The molecule has 0 atom stereocenters. The van der Waals surface area contributed by atoms with Crippen molar-refractivity contribution < 1.29 is 4.79 Å². The van der Waals surface area contributed by atoms with Gasteiger partial charge >= 0.3 is 0 Å². The molecule has 0 saturated heterocycles. The number of carbonyl (C=O) groups is 1. The highest BCUT2D eigenvalue weighted by molar-refractivity contribution is 6.06. The van der Waals surface area contributed by atoms with Gasteiger partial charge in [0.1, 0.15) is 17.5 Å². The number of hydrogen-bond acceptors (Lipinski definition) is 3. The monoisotopic (exact) mass is 254 g/mol. The minimum absolute atomic E-state index is 0.240. The maximum atomic E-state index is 12.3. The Kier molecular flexibility index (Phi) is 3.34. The second kappa shape index (κ2) is 4.94. The zero-order chi connectivity index (χ0) is 14.0. The lowest BCUT2D eigenvalue weighted by molar-refractivity contribution is 0.102. The highest BCUT2D eigenvalue weighted by atomic mass is 16.1. The first-order valence-corrected chi connectivity index (χ1v) is 5.85. The fraction of sp³-hybridized carbons (Fsp3) is 0.214. The van der Waals surface area contributed by atoms with Gasteiger partial charge in [0.05, 0.1) is 6.20 Å². The van der Waals surface area contributed by atoms with E-state index in [1.165, 1.54) is 6.20 Å². The molecular weight excluding hydrogens is 240 g/mol. The maximum Gasteiger partial charge on any atom is 0.257 e. The summed E-state index contributed by atoms with van der Waals surface area (Å²) in [5.74, 6) is 0.0858. The van der Waals surface area contributed by atoms with Gasteiger partial charge in [-0.1, -0.05) is 17.7 Å². The number of H-pyrrole nitrogens is 1. The van der Waals surface area contributed by atoms with Gasteiger partial charge in [0.2, 0.25) is 0 Å². The molecule has 0 radical (unpaired) electrons. The largest absolute Gasteiger partial charge is 0.306 e. The molecule has 0 aliphatic rings. The van der Waals surface area contributed by atoms with Crippen LogP contribution in [0.3, 0.4) is 0 Å². The van der Waals surface area contributed by atoms with Gasteiger partial charge < -0.3 is 5.32 Å². The Bertz CT molecular complexity index is 656. The summed E-state index contributed by atoms with van der Waals surface area (Å²) < 4.78 is 0. The minimum atomic E-state index is -0.240. The van der Waals surface area contributed by atoms with Crippen LogP contribution in [0.1, 0.15) is 32.6 Å². The van der Waals surface area contributed by atoms with Crippen LogP contribution in [0.2, 0.25) is 0 Å². The molecule has 0 fully saturated rings. The Morgan fingerprint density at radius 2 is 1.95 bits per heavy atom. The number of rotatable bonds is 2. The van der Waals surface area contributed by atoms with E-state index in [9.17, 15) is 4.79 Å². The number of hydrogen-bond donors (Lipinski definition) is 2. The number of amides is 1. The summed E-state index contributed by atoms with van der Waals surface area (Å²) in [6.45, 7) is 5.78. The van der Waals surface area contributed by atoms with E-state index in [-0.39, 0.29) is 5.91 Å². The lowest BCUT2D eigenvalue weighted by Crippen LogP contribution is -2.16. The van der Waals surface area contributed by atoms with Crippen molar-refractivity contribution in [2.75, 3.05) is 5.32 Å². The smallest absolute Gasteiger partial charge is 0.257 e. The van der Waals surface area contributed by atoms with Gasteiger partial charge in [-0.15, -0.1) is 0 Å². The molecule has 1 amide bonds. The van der Waals surface area contributed by atoms with Gasteiger partial charge in [0, 0.05) is 5.56 Å². The lowest BCUT2D eigenvalue weighted by atomic mass is 9.99. The summed E-state index contributed by atoms with van der Waals surface area (Å²) in [5, 5.41) is 17.9. The molecule has 19 heavy (non-hydrogen) atoms. The van der Waals surface area contributed by atoms with Crippen LogP contribution in [-0.2, 0) is 0 Å². The van der Waals surface area contributed by atoms with Crippen LogP contribution in [0.4, 0.5) is 5.82 Å². The number of carbonyl (C=O) groups excluding carboxylic acids is 1. The topological polar surface area (TPSA) is 81.6 Å². The third kappa shape index (κ3) is 2.47. The van der Waals surface area contributed by atoms with Crippen molar-refractivity contribution in [2.45, 2.75) is 20.8 Å². The first-order chi connectivity index (χ1) is 9.02. The molecule has 1 heterocycles. The van der Waals surface area contributed by atoms with E-state index in [0.717, 1.165) is 16.7 Å². The molecule has 0 saturated carbocycles. The average Bonchev–Trinajstić information content (AvgIpc) is 2.74. The van der Waals surface area contributed by atoms with Gasteiger partial charge in [-0.2, -0.15) is 10.4 Å². The van der Waals surface area contributed by atoms with Crippen LogP contribution >= 0.6 is 0 Å². The van der Waals surface area contributed by atoms with Crippen LogP contribution < -0.4 is 5.32 Å². The van der Waals surface area contributed by atoms with Crippen molar-refractivity contribution in [3.05, 3.63) is 46.1 Å². The molecule has 0 bridgehead atoms. The normalized spacial score (nSPS) is 10.0. The summed E-state index contributed by atoms with van der Waals surface area (Å²) >= 11 is 0. The van der Waals surface area contributed by atoms with E-state index in [0.29, 0.717) is 16.9 Å². The van der Waals surface area contributed by atoms with Crippen molar-refractivity contribution in [3.8, 4) is 6.07 Å². The minimum Gasteiger partial charge on any atom is -0.306 e. The van der Waals surface area contributed by atoms with E-state index in [2.05, 4.69) is 15.5 Å². The van der Waals surface area contributed by atoms with Gasteiger partial charge in [-0.05, 0) is 31.9 Å². The zero-order valence-electron chi connectivity index (χ0n) is 11.0. The Labute approximate surface area is 111 Å². The first-order valence-electron chi connectivity index (χ1n) is 5.85. The Balaban J connectivity index is 2.34. The van der Waals surface area contributed by atoms with Crippen LogP contribution in [0.15, 0.2) is 18.3 Å². The quantitative estimate of drug-likeness (QED) is 0.863. The maximum absolute atomic E-state index is 12.3. The molecule has 0 unspecified atom stereocenters. The number of aromatic amines is 1. The molecule has 1 aromatic heterocycles. The van der Waals surface area contributed by atoms with E-state index in [1.54, 1.807) is 0 Å². The Morgan fingerprint density at radius 3 is 2.53 bits per heavy atom. The number of anilines is 1. The molecule has 2 rings (SSSR count). The zero-order valence-corrected chi connectivity index (χ0v) is 11.0. The van der Waals surface area contributed by atoms with Crippen molar-refractivity contribution >= 4 is 11.7 Å². The van der Waals surface area contributed by atoms with Crippen LogP contribution in [0.5, 0.6) is 0 Å². The second-order valence-electron chi connectivity index (χ2n) is 4.50. The number of nitrogens with one attached hydrogen (secondary N) is 2. The molecule has 2 N–H and O–H groups in total. The summed E-state index contributed by atoms with van der Waals surface area (Å²) in [4.78, 5) is 12.3. The highest BCUT2D eigenvalue weighted by Crippen LogP contribution is 2.18. The van der Waals surface area contributed by atoms with Crippen LogP contribution in [-0.4, -0.2) is 16.1 Å². The Hall–Kier alpha value is -2.61. The summed E-state index contributed by atoms with van der Waals surface area (Å²) in [6, 6.07) is 5.88. The predicted octanol–water partition coefficient (Wildman–Crippen LogP) is 2.46. The molecule has 5 nitrogen and oxygen atoms in total. The number of nitrogens with zero attached hydrogens (tertiary/aromatic N) is 2. The molecule has 5 heteroatoms. The fourth-order valence-electron chi connectivity index (χ4n) is 2.18. The van der Waals surface area contributed by atoms with E-state index in [4.69, 9.17) is 5.26 Å². The van der Waals surface area contributed by atoms with Gasteiger partial charge in [-0.3, -0.25) is 9.89 Å². The van der Waals surface area contributed by atoms with Crippen LogP contribution in [0, 0.1) is 32.1 Å².